The van der Waals surface area contributed by atoms with Crippen LogP contribution in [0.25, 0.3) is 0 Å². The molecule has 0 spiro atoms. The molecule has 0 radical (unpaired) electrons. The van der Waals surface area contributed by atoms with E-state index in [1.165, 1.54) is 18.6 Å². The van der Waals surface area contributed by atoms with Crippen molar-refractivity contribution in [3.63, 3.8) is 0 Å². The number of non-ortho nitro benzene ring substituents is 1. The van der Waals surface area contributed by atoms with Crippen LogP contribution in [0.5, 0.6) is 0 Å². The summed E-state index contributed by atoms with van der Waals surface area (Å²) in [5, 5.41) is 26.1. The van der Waals surface area contributed by atoms with Gasteiger partial charge in [0, 0.05) is 18.7 Å². The van der Waals surface area contributed by atoms with Crippen LogP contribution in [0.3, 0.4) is 0 Å². The second kappa shape index (κ2) is 6.16. The standard InChI is InChI=1S/C13H16N4O2/c14-8-11-7-12(17(18)19)1-2-13(11)16-6-4-10-3-5-15-9-10/h1-2,7,10,15-16H,3-6,9H2. The Bertz CT molecular complexity index is 504. The average molecular weight is 260 g/mol. The Balaban J connectivity index is 1.95. The zero-order chi connectivity index (χ0) is 13.7. The van der Waals surface area contributed by atoms with Crippen LogP contribution in [-0.2, 0) is 0 Å². The van der Waals surface area contributed by atoms with E-state index in [-0.39, 0.29) is 5.69 Å². The van der Waals surface area contributed by atoms with Crippen molar-refractivity contribution in [2.45, 2.75) is 12.8 Å². The molecule has 2 N–H and O–H groups in total. The number of hydrogen-bond donors (Lipinski definition) is 2. The highest BCUT2D eigenvalue weighted by Crippen LogP contribution is 2.22. The lowest BCUT2D eigenvalue weighted by Crippen LogP contribution is -2.13. The predicted molar refractivity (Wildman–Crippen MR) is 71.9 cm³/mol. The number of nitrogens with one attached hydrogen (secondary N) is 2. The monoisotopic (exact) mass is 260 g/mol. The van der Waals surface area contributed by atoms with Crippen LogP contribution in [0.15, 0.2) is 18.2 Å². The summed E-state index contributed by atoms with van der Waals surface area (Å²) in [4.78, 5) is 10.1. The highest BCUT2D eigenvalue weighted by atomic mass is 16.6. The SMILES string of the molecule is N#Cc1cc([N+](=O)[O-])ccc1NCCC1CCNC1. The molecule has 1 unspecified atom stereocenters. The van der Waals surface area contributed by atoms with Gasteiger partial charge in [-0.3, -0.25) is 10.1 Å². The smallest absolute Gasteiger partial charge is 0.270 e. The molecular formula is C13H16N4O2. The van der Waals surface area contributed by atoms with Crippen LogP contribution in [-0.4, -0.2) is 24.6 Å². The minimum absolute atomic E-state index is 0.0536. The highest BCUT2D eigenvalue weighted by Gasteiger charge is 2.14. The molecule has 1 fully saturated rings. The van der Waals surface area contributed by atoms with Crippen molar-refractivity contribution in [1.29, 1.82) is 5.26 Å². The Morgan fingerprint density at radius 1 is 1.58 bits per heavy atom. The Hall–Kier alpha value is -2.13. The normalized spacial score (nSPS) is 17.9. The molecule has 19 heavy (non-hydrogen) atoms. The lowest BCUT2D eigenvalue weighted by atomic mass is 10.1. The van der Waals surface area contributed by atoms with E-state index in [0.29, 0.717) is 17.2 Å². The maximum Gasteiger partial charge on any atom is 0.270 e. The zero-order valence-corrected chi connectivity index (χ0v) is 10.6. The molecule has 1 aliphatic rings. The topological polar surface area (TPSA) is 91.0 Å². The van der Waals surface area contributed by atoms with Gasteiger partial charge in [-0.05, 0) is 37.9 Å². The summed E-state index contributed by atoms with van der Waals surface area (Å²) in [7, 11) is 0. The largest absolute Gasteiger partial charge is 0.384 e. The second-order valence-corrected chi connectivity index (χ2v) is 4.67. The quantitative estimate of drug-likeness (QED) is 0.623. The van der Waals surface area contributed by atoms with Crippen molar-refractivity contribution >= 4 is 11.4 Å². The van der Waals surface area contributed by atoms with Crippen LogP contribution in [0.1, 0.15) is 18.4 Å². The number of benzene rings is 1. The maximum absolute atomic E-state index is 10.6. The van der Waals surface area contributed by atoms with Crippen molar-refractivity contribution < 1.29 is 4.92 Å². The summed E-state index contributed by atoms with van der Waals surface area (Å²) in [5.74, 6) is 0.677. The van der Waals surface area contributed by atoms with Gasteiger partial charge in [-0.15, -0.1) is 0 Å². The third-order valence-electron chi connectivity index (χ3n) is 3.36. The first-order valence-corrected chi connectivity index (χ1v) is 6.34. The third-order valence-corrected chi connectivity index (χ3v) is 3.36. The number of rotatable bonds is 5. The van der Waals surface area contributed by atoms with Gasteiger partial charge < -0.3 is 10.6 Å². The minimum Gasteiger partial charge on any atom is -0.384 e. The molecule has 1 aromatic carbocycles. The summed E-state index contributed by atoms with van der Waals surface area (Å²) in [6.45, 7) is 2.90. The molecule has 0 saturated carbocycles. The molecule has 0 amide bonds. The summed E-state index contributed by atoms with van der Waals surface area (Å²) < 4.78 is 0. The van der Waals surface area contributed by atoms with Gasteiger partial charge >= 0.3 is 0 Å². The Kier molecular flexibility index (Phi) is 4.31. The summed E-state index contributed by atoms with van der Waals surface area (Å²) in [6, 6.07) is 6.31. The molecular weight excluding hydrogens is 244 g/mol. The van der Waals surface area contributed by atoms with Crippen molar-refractivity contribution in [2.24, 2.45) is 5.92 Å². The first kappa shape index (κ1) is 13.3. The second-order valence-electron chi connectivity index (χ2n) is 4.67. The highest BCUT2D eigenvalue weighted by molar-refractivity contribution is 5.61. The van der Waals surface area contributed by atoms with Gasteiger partial charge in [0.15, 0.2) is 0 Å². The Morgan fingerprint density at radius 3 is 3.05 bits per heavy atom. The maximum atomic E-state index is 10.6. The number of hydrogen-bond acceptors (Lipinski definition) is 5. The van der Waals surface area contributed by atoms with Gasteiger partial charge in [-0.2, -0.15) is 5.26 Å². The molecule has 100 valence electrons. The molecule has 6 nitrogen and oxygen atoms in total. The number of nitrogens with zero attached hydrogens (tertiary/aromatic N) is 2. The fraction of sp³-hybridized carbons (Fsp3) is 0.462. The molecule has 2 rings (SSSR count). The fourth-order valence-corrected chi connectivity index (χ4v) is 2.26. The van der Waals surface area contributed by atoms with Gasteiger partial charge in [-0.1, -0.05) is 0 Å². The predicted octanol–water partition coefficient (Wildman–Crippen LogP) is 1.88. The molecule has 0 bridgehead atoms. The van der Waals surface area contributed by atoms with E-state index in [2.05, 4.69) is 10.6 Å². The molecule has 1 saturated heterocycles. The van der Waals surface area contributed by atoms with Crippen molar-refractivity contribution in [2.75, 3.05) is 25.0 Å². The molecule has 1 heterocycles. The van der Waals surface area contributed by atoms with Crippen LogP contribution < -0.4 is 10.6 Å². The van der Waals surface area contributed by atoms with E-state index in [9.17, 15) is 10.1 Å². The fourth-order valence-electron chi connectivity index (χ4n) is 2.26. The van der Waals surface area contributed by atoms with Gasteiger partial charge in [0.05, 0.1) is 16.2 Å². The number of anilines is 1. The van der Waals surface area contributed by atoms with E-state index < -0.39 is 4.92 Å². The summed E-state index contributed by atoms with van der Waals surface area (Å²) >= 11 is 0. The van der Waals surface area contributed by atoms with Gasteiger partial charge in [-0.25, -0.2) is 0 Å². The first-order valence-electron chi connectivity index (χ1n) is 6.34. The van der Waals surface area contributed by atoms with E-state index in [1.807, 2.05) is 6.07 Å². The first-order chi connectivity index (χ1) is 9.20. The van der Waals surface area contributed by atoms with Crippen LogP contribution in [0.2, 0.25) is 0 Å². The van der Waals surface area contributed by atoms with E-state index >= 15 is 0 Å². The zero-order valence-electron chi connectivity index (χ0n) is 10.6. The molecule has 1 aliphatic heterocycles. The molecule has 0 aromatic heterocycles. The number of nitro groups is 1. The minimum atomic E-state index is -0.491. The molecule has 1 aromatic rings. The van der Waals surface area contributed by atoms with Gasteiger partial charge in [0.2, 0.25) is 0 Å². The van der Waals surface area contributed by atoms with Gasteiger partial charge in [0.1, 0.15) is 6.07 Å². The van der Waals surface area contributed by atoms with Gasteiger partial charge in [0.25, 0.3) is 5.69 Å². The van der Waals surface area contributed by atoms with Crippen LogP contribution in [0.4, 0.5) is 11.4 Å². The Morgan fingerprint density at radius 2 is 2.42 bits per heavy atom. The van der Waals surface area contributed by atoms with E-state index in [0.717, 1.165) is 26.1 Å². The summed E-state index contributed by atoms with van der Waals surface area (Å²) in [5.41, 5.74) is 0.930. The number of nitriles is 1. The summed E-state index contributed by atoms with van der Waals surface area (Å²) in [6.07, 6.45) is 2.22. The van der Waals surface area contributed by atoms with Crippen molar-refractivity contribution in [3.8, 4) is 6.07 Å². The molecule has 0 aliphatic carbocycles. The average Bonchev–Trinajstić information content (AvgIpc) is 2.92. The van der Waals surface area contributed by atoms with Crippen molar-refractivity contribution in [3.05, 3.63) is 33.9 Å². The lowest BCUT2D eigenvalue weighted by molar-refractivity contribution is -0.384. The van der Waals surface area contributed by atoms with E-state index in [1.54, 1.807) is 6.07 Å². The van der Waals surface area contributed by atoms with Crippen molar-refractivity contribution in [1.82, 2.24) is 5.32 Å². The van der Waals surface area contributed by atoms with Crippen LogP contribution in [0, 0.1) is 27.4 Å². The lowest BCUT2D eigenvalue weighted by Gasteiger charge is -2.11. The number of nitro benzene ring substituents is 1. The Labute approximate surface area is 111 Å². The molecule has 6 heteroatoms. The van der Waals surface area contributed by atoms with E-state index in [4.69, 9.17) is 5.26 Å². The van der Waals surface area contributed by atoms with Crippen LogP contribution >= 0.6 is 0 Å². The third kappa shape index (κ3) is 3.42. The molecule has 1 atom stereocenters.